The molecule has 0 saturated heterocycles. The SMILES string of the molecule is CCc1nc(Cl)c(C)c(-c2ccnc(OC)c2)n1. The predicted octanol–water partition coefficient (Wildman–Crippen LogP) is 3.07. The number of halogens is 1. The van der Waals surface area contributed by atoms with E-state index in [0.29, 0.717) is 11.0 Å². The smallest absolute Gasteiger partial charge is 0.213 e. The van der Waals surface area contributed by atoms with Crippen LogP contribution in [0.4, 0.5) is 0 Å². The Bertz CT molecular complexity index is 572. The zero-order valence-corrected chi connectivity index (χ0v) is 11.3. The van der Waals surface area contributed by atoms with Crippen molar-refractivity contribution >= 4 is 11.6 Å². The second-order valence-corrected chi connectivity index (χ2v) is 4.20. The minimum Gasteiger partial charge on any atom is -0.481 e. The highest BCUT2D eigenvalue weighted by Crippen LogP contribution is 2.27. The fourth-order valence-electron chi connectivity index (χ4n) is 1.64. The number of ether oxygens (including phenoxy) is 1. The molecule has 2 heterocycles. The number of aromatic nitrogens is 3. The molecular formula is C13H14ClN3O. The molecule has 0 radical (unpaired) electrons. The molecule has 2 aromatic rings. The average Bonchev–Trinajstić information content (AvgIpc) is 2.41. The molecule has 0 spiro atoms. The Balaban J connectivity index is 2.58. The van der Waals surface area contributed by atoms with E-state index >= 15 is 0 Å². The Kier molecular flexibility index (Phi) is 3.77. The molecule has 0 saturated carbocycles. The summed E-state index contributed by atoms with van der Waals surface area (Å²) in [5.41, 5.74) is 2.62. The molecule has 0 aliphatic heterocycles. The lowest BCUT2D eigenvalue weighted by Gasteiger charge is -2.09. The van der Waals surface area contributed by atoms with Gasteiger partial charge >= 0.3 is 0 Å². The zero-order chi connectivity index (χ0) is 13.1. The van der Waals surface area contributed by atoms with Gasteiger partial charge in [0.2, 0.25) is 5.88 Å². The molecule has 5 heteroatoms. The number of pyridine rings is 1. The molecule has 4 nitrogen and oxygen atoms in total. The maximum atomic E-state index is 6.12. The number of hydrogen-bond donors (Lipinski definition) is 0. The summed E-state index contributed by atoms with van der Waals surface area (Å²) in [6, 6.07) is 3.72. The van der Waals surface area contributed by atoms with Crippen molar-refractivity contribution in [3.8, 4) is 17.1 Å². The lowest BCUT2D eigenvalue weighted by Crippen LogP contribution is -2.00. The minimum atomic E-state index is 0.493. The van der Waals surface area contributed by atoms with Gasteiger partial charge in [0.05, 0.1) is 12.8 Å². The van der Waals surface area contributed by atoms with Gasteiger partial charge in [-0.25, -0.2) is 15.0 Å². The maximum absolute atomic E-state index is 6.12. The summed E-state index contributed by atoms with van der Waals surface area (Å²) in [6.45, 7) is 3.90. The Labute approximate surface area is 111 Å². The zero-order valence-electron chi connectivity index (χ0n) is 10.6. The van der Waals surface area contributed by atoms with Gasteiger partial charge in [0.25, 0.3) is 0 Å². The molecule has 94 valence electrons. The monoisotopic (exact) mass is 263 g/mol. The second-order valence-electron chi connectivity index (χ2n) is 3.84. The van der Waals surface area contributed by atoms with E-state index in [4.69, 9.17) is 16.3 Å². The Morgan fingerprint density at radius 2 is 2.11 bits per heavy atom. The normalized spacial score (nSPS) is 10.4. The van der Waals surface area contributed by atoms with Crippen molar-refractivity contribution in [1.82, 2.24) is 15.0 Å². The second kappa shape index (κ2) is 5.31. The molecule has 0 fully saturated rings. The Morgan fingerprint density at radius 1 is 1.33 bits per heavy atom. The molecule has 0 bridgehead atoms. The van der Waals surface area contributed by atoms with Crippen LogP contribution in [0, 0.1) is 6.92 Å². The molecule has 0 N–H and O–H groups in total. The number of rotatable bonds is 3. The van der Waals surface area contributed by atoms with Crippen LogP contribution in [0.25, 0.3) is 11.3 Å². The highest BCUT2D eigenvalue weighted by molar-refractivity contribution is 6.30. The van der Waals surface area contributed by atoms with Gasteiger partial charge in [-0.2, -0.15) is 0 Å². The summed E-state index contributed by atoms with van der Waals surface area (Å²) in [4.78, 5) is 12.8. The van der Waals surface area contributed by atoms with Crippen molar-refractivity contribution in [3.63, 3.8) is 0 Å². The first-order valence-electron chi connectivity index (χ1n) is 5.69. The van der Waals surface area contributed by atoms with Crippen molar-refractivity contribution in [2.24, 2.45) is 0 Å². The van der Waals surface area contributed by atoms with Crippen molar-refractivity contribution < 1.29 is 4.74 Å². The van der Waals surface area contributed by atoms with Crippen LogP contribution in [-0.4, -0.2) is 22.1 Å². The van der Waals surface area contributed by atoms with Gasteiger partial charge in [0, 0.05) is 29.8 Å². The molecule has 0 atom stereocenters. The van der Waals surface area contributed by atoms with Gasteiger partial charge in [0.15, 0.2) is 0 Å². The number of aryl methyl sites for hydroxylation is 1. The van der Waals surface area contributed by atoms with Crippen molar-refractivity contribution in [2.45, 2.75) is 20.3 Å². The van der Waals surface area contributed by atoms with Crippen LogP contribution in [0.3, 0.4) is 0 Å². The van der Waals surface area contributed by atoms with Crippen LogP contribution in [-0.2, 0) is 6.42 Å². The molecule has 0 aliphatic rings. The van der Waals surface area contributed by atoms with E-state index in [1.165, 1.54) is 0 Å². The fraction of sp³-hybridized carbons (Fsp3) is 0.308. The molecule has 0 aromatic carbocycles. The van der Waals surface area contributed by atoms with Gasteiger partial charge in [-0.1, -0.05) is 18.5 Å². The topological polar surface area (TPSA) is 47.9 Å². The molecule has 0 aliphatic carbocycles. The number of hydrogen-bond acceptors (Lipinski definition) is 4. The van der Waals surface area contributed by atoms with Gasteiger partial charge in [-0.15, -0.1) is 0 Å². The van der Waals surface area contributed by atoms with Crippen LogP contribution in [0.1, 0.15) is 18.3 Å². The van der Waals surface area contributed by atoms with Gasteiger partial charge in [-0.05, 0) is 13.0 Å². The first-order valence-corrected chi connectivity index (χ1v) is 6.07. The summed E-state index contributed by atoms with van der Waals surface area (Å²) in [5.74, 6) is 1.29. The van der Waals surface area contributed by atoms with Gasteiger partial charge in [-0.3, -0.25) is 0 Å². The van der Waals surface area contributed by atoms with E-state index in [-0.39, 0.29) is 0 Å². The van der Waals surface area contributed by atoms with Gasteiger partial charge < -0.3 is 4.74 Å². The van der Waals surface area contributed by atoms with Crippen LogP contribution in [0.5, 0.6) is 5.88 Å². The van der Waals surface area contributed by atoms with E-state index in [2.05, 4.69) is 15.0 Å². The van der Waals surface area contributed by atoms with Gasteiger partial charge in [0.1, 0.15) is 11.0 Å². The van der Waals surface area contributed by atoms with E-state index < -0.39 is 0 Å². The number of methoxy groups -OCH3 is 1. The van der Waals surface area contributed by atoms with Crippen LogP contribution in [0.15, 0.2) is 18.3 Å². The molecule has 0 unspecified atom stereocenters. The molecular weight excluding hydrogens is 250 g/mol. The minimum absolute atomic E-state index is 0.493. The predicted molar refractivity (Wildman–Crippen MR) is 70.9 cm³/mol. The van der Waals surface area contributed by atoms with E-state index in [9.17, 15) is 0 Å². The van der Waals surface area contributed by atoms with E-state index in [1.807, 2.05) is 26.0 Å². The standard InChI is InChI=1S/C13H14ClN3O/c1-4-10-16-12(8(2)13(14)17-10)9-5-6-15-11(7-9)18-3/h5-7H,4H2,1-3H3. The summed E-state index contributed by atoms with van der Waals surface area (Å²) < 4.78 is 5.12. The quantitative estimate of drug-likeness (QED) is 0.799. The maximum Gasteiger partial charge on any atom is 0.213 e. The molecule has 2 aromatic heterocycles. The van der Waals surface area contributed by atoms with E-state index in [0.717, 1.165) is 29.1 Å². The van der Waals surface area contributed by atoms with Crippen LogP contribution >= 0.6 is 11.6 Å². The summed E-state index contributed by atoms with van der Waals surface area (Å²) in [7, 11) is 1.59. The van der Waals surface area contributed by atoms with Crippen molar-refractivity contribution in [1.29, 1.82) is 0 Å². The van der Waals surface area contributed by atoms with Crippen LogP contribution < -0.4 is 4.74 Å². The Hall–Kier alpha value is -1.68. The Morgan fingerprint density at radius 3 is 2.78 bits per heavy atom. The first-order chi connectivity index (χ1) is 8.65. The van der Waals surface area contributed by atoms with Crippen LogP contribution in [0.2, 0.25) is 5.15 Å². The van der Waals surface area contributed by atoms with E-state index in [1.54, 1.807) is 13.3 Å². The molecule has 18 heavy (non-hydrogen) atoms. The molecule has 0 amide bonds. The largest absolute Gasteiger partial charge is 0.481 e. The number of nitrogens with zero attached hydrogens (tertiary/aromatic N) is 3. The third-order valence-corrected chi connectivity index (χ3v) is 3.03. The van der Waals surface area contributed by atoms with Crippen molar-refractivity contribution in [3.05, 3.63) is 34.9 Å². The third kappa shape index (κ3) is 2.43. The summed E-state index contributed by atoms with van der Waals surface area (Å²) in [5, 5.41) is 0.493. The summed E-state index contributed by atoms with van der Waals surface area (Å²) >= 11 is 6.12. The average molecular weight is 264 g/mol. The highest BCUT2D eigenvalue weighted by atomic mass is 35.5. The lowest BCUT2D eigenvalue weighted by molar-refractivity contribution is 0.398. The third-order valence-electron chi connectivity index (χ3n) is 2.67. The summed E-state index contributed by atoms with van der Waals surface area (Å²) in [6.07, 6.45) is 2.43. The first kappa shape index (κ1) is 12.8. The highest BCUT2D eigenvalue weighted by Gasteiger charge is 2.11. The fourth-order valence-corrected chi connectivity index (χ4v) is 1.83. The van der Waals surface area contributed by atoms with Crippen molar-refractivity contribution in [2.75, 3.05) is 7.11 Å². The molecule has 2 rings (SSSR count). The lowest BCUT2D eigenvalue weighted by atomic mass is 10.1.